The Labute approximate surface area is 151 Å². The zero-order valence-electron chi connectivity index (χ0n) is 14.3. The van der Waals surface area contributed by atoms with Gasteiger partial charge in [-0.25, -0.2) is 0 Å². The fraction of sp³-hybridized carbons (Fsp3) is 0.143. The summed E-state index contributed by atoms with van der Waals surface area (Å²) in [5, 5.41) is 9.29. The SMILES string of the molecule is COc1ccc([S+](c2ccc(CO)cc2)c2ccc(OC)cc2)cc1. The summed E-state index contributed by atoms with van der Waals surface area (Å²) in [6.45, 7) is 0.0547. The second-order valence-electron chi connectivity index (χ2n) is 5.46. The van der Waals surface area contributed by atoms with Gasteiger partial charge in [0.25, 0.3) is 0 Å². The van der Waals surface area contributed by atoms with Crippen molar-refractivity contribution in [2.75, 3.05) is 14.2 Å². The summed E-state index contributed by atoms with van der Waals surface area (Å²) in [6.07, 6.45) is 0. The molecule has 0 spiro atoms. The van der Waals surface area contributed by atoms with E-state index < -0.39 is 0 Å². The number of aliphatic hydroxyl groups excluding tert-OH is 1. The van der Waals surface area contributed by atoms with E-state index in [2.05, 4.69) is 36.4 Å². The Hall–Kier alpha value is -2.43. The van der Waals surface area contributed by atoms with Crippen LogP contribution in [0.25, 0.3) is 0 Å². The summed E-state index contributed by atoms with van der Waals surface area (Å²) in [4.78, 5) is 3.62. The zero-order chi connectivity index (χ0) is 17.6. The summed E-state index contributed by atoms with van der Waals surface area (Å²) < 4.78 is 10.6. The Morgan fingerprint density at radius 1 is 0.640 bits per heavy atom. The van der Waals surface area contributed by atoms with Crippen LogP contribution in [0.5, 0.6) is 11.5 Å². The predicted octanol–water partition coefficient (Wildman–Crippen LogP) is 4.29. The molecule has 0 unspecified atom stereocenters. The van der Waals surface area contributed by atoms with E-state index in [-0.39, 0.29) is 17.5 Å². The molecular weight excluding hydrogens is 332 g/mol. The Kier molecular flexibility index (Phi) is 5.64. The van der Waals surface area contributed by atoms with Crippen molar-refractivity contribution in [3.05, 3.63) is 78.4 Å². The van der Waals surface area contributed by atoms with Crippen molar-refractivity contribution < 1.29 is 14.6 Å². The lowest BCUT2D eigenvalue weighted by Gasteiger charge is -2.10. The summed E-state index contributed by atoms with van der Waals surface area (Å²) in [5.41, 5.74) is 0.914. The molecule has 0 aliphatic heterocycles. The standard InChI is InChI=1S/C21H21O3S/c1-23-17-5-11-20(12-6-17)25(19-9-3-16(15-22)4-10-19)21-13-7-18(24-2)8-14-21/h3-14,22H,15H2,1-2H3/q+1. The molecule has 0 aliphatic carbocycles. The topological polar surface area (TPSA) is 38.7 Å². The number of aliphatic hydroxyl groups is 1. The Morgan fingerprint density at radius 3 is 1.32 bits per heavy atom. The van der Waals surface area contributed by atoms with Crippen LogP contribution in [0.3, 0.4) is 0 Å². The van der Waals surface area contributed by atoms with Crippen LogP contribution in [0.2, 0.25) is 0 Å². The Morgan fingerprint density at radius 2 is 1.00 bits per heavy atom. The highest BCUT2D eigenvalue weighted by molar-refractivity contribution is 7.97. The third-order valence-corrected chi connectivity index (χ3v) is 6.16. The lowest BCUT2D eigenvalue weighted by atomic mass is 10.2. The van der Waals surface area contributed by atoms with Crippen LogP contribution in [0.1, 0.15) is 5.56 Å². The van der Waals surface area contributed by atoms with Crippen LogP contribution in [0, 0.1) is 0 Å². The van der Waals surface area contributed by atoms with Crippen molar-refractivity contribution in [3.63, 3.8) is 0 Å². The highest BCUT2D eigenvalue weighted by atomic mass is 32.2. The normalized spacial score (nSPS) is 10.7. The number of hydrogen-bond donors (Lipinski definition) is 1. The molecule has 1 N–H and O–H groups in total. The van der Waals surface area contributed by atoms with Crippen LogP contribution >= 0.6 is 0 Å². The Bertz CT molecular complexity index is 683. The largest absolute Gasteiger partial charge is 0.497 e. The smallest absolute Gasteiger partial charge is 0.166 e. The maximum Gasteiger partial charge on any atom is 0.166 e. The molecule has 4 heteroatoms. The van der Waals surface area contributed by atoms with Gasteiger partial charge in [-0.15, -0.1) is 0 Å². The molecular formula is C21H21O3S+. The number of hydrogen-bond acceptors (Lipinski definition) is 3. The molecule has 0 fully saturated rings. The van der Waals surface area contributed by atoms with E-state index in [1.807, 2.05) is 36.4 Å². The highest BCUT2D eigenvalue weighted by Crippen LogP contribution is 2.33. The van der Waals surface area contributed by atoms with Gasteiger partial charge in [-0.3, -0.25) is 0 Å². The predicted molar refractivity (Wildman–Crippen MR) is 101 cm³/mol. The maximum absolute atomic E-state index is 9.29. The van der Waals surface area contributed by atoms with Crippen molar-refractivity contribution in [3.8, 4) is 11.5 Å². The molecule has 128 valence electrons. The van der Waals surface area contributed by atoms with E-state index in [4.69, 9.17) is 9.47 Å². The van der Waals surface area contributed by atoms with E-state index in [1.54, 1.807) is 14.2 Å². The third-order valence-electron chi connectivity index (χ3n) is 3.93. The molecule has 0 aliphatic rings. The van der Waals surface area contributed by atoms with Crippen LogP contribution in [0.4, 0.5) is 0 Å². The number of benzene rings is 3. The molecule has 25 heavy (non-hydrogen) atoms. The minimum atomic E-state index is -0.238. The molecule has 3 rings (SSSR count). The Balaban J connectivity index is 2.04. The molecule has 0 radical (unpaired) electrons. The number of rotatable bonds is 6. The van der Waals surface area contributed by atoms with E-state index in [1.165, 1.54) is 14.7 Å². The average molecular weight is 353 g/mol. The van der Waals surface area contributed by atoms with Crippen molar-refractivity contribution in [2.24, 2.45) is 0 Å². The summed E-state index contributed by atoms with van der Waals surface area (Å²) in [6, 6.07) is 24.5. The van der Waals surface area contributed by atoms with Crippen molar-refractivity contribution in [1.29, 1.82) is 0 Å². The maximum atomic E-state index is 9.29. The molecule has 0 heterocycles. The monoisotopic (exact) mass is 353 g/mol. The van der Waals surface area contributed by atoms with Gasteiger partial charge in [0.2, 0.25) is 0 Å². The zero-order valence-corrected chi connectivity index (χ0v) is 15.1. The first-order valence-electron chi connectivity index (χ1n) is 7.97. The first-order chi connectivity index (χ1) is 12.2. The number of methoxy groups -OCH3 is 2. The van der Waals surface area contributed by atoms with Gasteiger partial charge in [-0.05, 0) is 66.2 Å². The summed E-state index contributed by atoms with van der Waals surface area (Å²) in [5.74, 6) is 1.69. The molecule has 0 atom stereocenters. The molecule has 3 aromatic rings. The van der Waals surface area contributed by atoms with Gasteiger partial charge in [0, 0.05) is 0 Å². The molecule has 0 bridgehead atoms. The quantitative estimate of drug-likeness (QED) is 0.672. The second-order valence-corrected chi connectivity index (χ2v) is 7.49. The molecule has 0 saturated heterocycles. The van der Waals surface area contributed by atoms with Gasteiger partial charge in [0.15, 0.2) is 14.7 Å². The molecule has 0 saturated carbocycles. The van der Waals surface area contributed by atoms with Gasteiger partial charge >= 0.3 is 0 Å². The highest BCUT2D eigenvalue weighted by Gasteiger charge is 2.28. The van der Waals surface area contributed by atoms with Crippen LogP contribution in [-0.2, 0) is 17.5 Å². The fourth-order valence-corrected chi connectivity index (χ4v) is 4.60. The summed E-state index contributed by atoms with van der Waals surface area (Å²) >= 11 is 0. The third kappa shape index (κ3) is 3.98. The average Bonchev–Trinajstić information content (AvgIpc) is 2.70. The lowest BCUT2D eigenvalue weighted by Crippen LogP contribution is -2.05. The molecule has 3 nitrogen and oxygen atoms in total. The first-order valence-corrected chi connectivity index (χ1v) is 9.20. The lowest BCUT2D eigenvalue weighted by molar-refractivity contribution is 0.282. The van der Waals surface area contributed by atoms with Gasteiger partial charge < -0.3 is 14.6 Å². The van der Waals surface area contributed by atoms with Gasteiger partial charge in [0.1, 0.15) is 11.5 Å². The van der Waals surface area contributed by atoms with E-state index in [0.29, 0.717) is 0 Å². The van der Waals surface area contributed by atoms with Crippen LogP contribution in [-0.4, -0.2) is 19.3 Å². The van der Waals surface area contributed by atoms with Gasteiger partial charge in [0.05, 0.1) is 31.7 Å². The van der Waals surface area contributed by atoms with Crippen molar-refractivity contribution >= 4 is 10.9 Å². The number of ether oxygens (including phenoxy) is 2. The van der Waals surface area contributed by atoms with E-state index in [0.717, 1.165) is 17.1 Å². The van der Waals surface area contributed by atoms with Crippen LogP contribution < -0.4 is 9.47 Å². The van der Waals surface area contributed by atoms with Gasteiger partial charge in [-0.2, -0.15) is 0 Å². The second kappa shape index (κ2) is 8.10. The molecule has 3 aromatic carbocycles. The van der Waals surface area contributed by atoms with Crippen LogP contribution in [0.15, 0.2) is 87.5 Å². The van der Waals surface area contributed by atoms with E-state index in [9.17, 15) is 5.11 Å². The fourth-order valence-electron chi connectivity index (χ4n) is 2.56. The first kappa shape index (κ1) is 17.4. The summed E-state index contributed by atoms with van der Waals surface area (Å²) in [7, 11) is 3.11. The van der Waals surface area contributed by atoms with Crippen molar-refractivity contribution in [1.82, 2.24) is 0 Å². The minimum absolute atomic E-state index is 0.0547. The van der Waals surface area contributed by atoms with Gasteiger partial charge in [-0.1, -0.05) is 12.1 Å². The molecule has 0 amide bonds. The van der Waals surface area contributed by atoms with E-state index >= 15 is 0 Å². The van der Waals surface area contributed by atoms with Crippen molar-refractivity contribution in [2.45, 2.75) is 21.3 Å². The minimum Gasteiger partial charge on any atom is -0.497 e. The molecule has 0 aromatic heterocycles.